The van der Waals surface area contributed by atoms with Gasteiger partial charge in [0.25, 0.3) is 0 Å². The molecule has 17 heavy (non-hydrogen) atoms. The monoisotopic (exact) mass is 254 g/mol. The Balaban J connectivity index is 2.73. The molecule has 1 nitrogen and oxygen atoms in total. The molecule has 2 aliphatic rings. The van der Waals surface area contributed by atoms with Gasteiger partial charge in [0, 0.05) is 7.11 Å². The third kappa shape index (κ3) is 0.789. The molecule has 2 unspecified atom stereocenters. The first-order valence-electron chi connectivity index (χ1n) is 6.86. The molecule has 2 fully saturated rings. The minimum absolute atomic E-state index is 0.329. The SMILES string of the molecule is CO[Si]1(C)C2(C)C(C)(C)C(C)(C)C(C)(C)C21C. The summed E-state index contributed by atoms with van der Waals surface area (Å²) in [4.78, 5) is 0. The van der Waals surface area contributed by atoms with Gasteiger partial charge in [0.2, 0.25) is 8.32 Å². The second kappa shape index (κ2) is 2.70. The molecule has 0 aromatic carbocycles. The van der Waals surface area contributed by atoms with E-state index in [-0.39, 0.29) is 0 Å². The molecule has 2 heteroatoms. The first-order chi connectivity index (χ1) is 7.31. The molecule has 1 aliphatic heterocycles. The van der Waals surface area contributed by atoms with Gasteiger partial charge in [-0.3, -0.25) is 0 Å². The maximum Gasteiger partial charge on any atom is 0.202 e. The van der Waals surface area contributed by atoms with E-state index in [0.29, 0.717) is 26.3 Å². The van der Waals surface area contributed by atoms with Gasteiger partial charge in [-0.05, 0) is 32.9 Å². The quantitative estimate of drug-likeness (QED) is 0.609. The normalized spacial score (nSPS) is 53.3. The Morgan fingerprint density at radius 2 is 0.941 bits per heavy atom. The molecule has 2 atom stereocenters. The minimum Gasteiger partial charge on any atom is -0.419 e. The number of hydrogen-bond donors (Lipinski definition) is 0. The van der Waals surface area contributed by atoms with Crippen LogP contribution in [0.5, 0.6) is 0 Å². The van der Waals surface area contributed by atoms with Crippen LogP contribution in [0.4, 0.5) is 0 Å². The van der Waals surface area contributed by atoms with E-state index in [1.807, 2.05) is 7.11 Å². The molecule has 0 amide bonds. The molecule has 1 heterocycles. The molecule has 0 aromatic rings. The summed E-state index contributed by atoms with van der Waals surface area (Å²) in [6.45, 7) is 22.2. The zero-order chi connectivity index (χ0) is 13.7. The van der Waals surface area contributed by atoms with Gasteiger partial charge in [-0.25, -0.2) is 0 Å². The number of rotatable bonds is 1. The van der Waals surface area contributed by atoms with Gasteiger partial charge in [0.15, 0.2) is 0 Å². The van der Waals surface area contributed by atoms with Crippen LogP contribution in [-0.2, 0) is 4.43 Å². The predicted octanol–water partition coefficient (Wildman–Crippen LogP) is 4.83. The van der Waals surface area contributed by atoms with E-state index < -0.39 is 8.32 Å². The maximum absolute atomic E-state index is 6.13. The molecular formula is C15H30OSi. The van der Waals surface area contributed by atoms with Gasteiger partial charge in [0.05, 0.1) is 0 Å². The Morgan fingerprint density at radius 1 is 0.647 bits per heavy atom. The Labute approximate surface area is 108 Å². The van der Waals surface area contributed by atoms with E-state index in [1.54, 1.807) is 0 Å². The van der Waals surface area contributed by atoms with E-state index in [1.165, 1.54) is 0 Å². The van der Waals surface area contributed by atoms with Gasteiger partial charge in [-0.15, -0.1) is 0 Å². The summed E-state index contributed by atoms with van der Waals surface area (Å²) in [7, 11) is 0.309. The highest BCUT2D eigenvalue weighted by Gasteiger charge is 2.97. The van der Waals surface area contributed by atoms with Crippen molar-refractivity contribution in [1.82, 2.24) is 0 Å². The fourth-order valence-electron chi connectivity index (χ4n) is 5.97. The first kappa shape index (κ1) is 13.6. The van der Waals surface area contributed by atoms with Crippen LogP contribution in [-0.4, -0.2) is 15.4 Å². The third-order valence-electron chi connectivity index (χ3n) is 8.88. The largest absolute Gasteiger partial charge is 0.419 e. The van der Waals surface area contributed by atoms with E-state index in [9.17, 15) is 0 Å². The van der Waals surface area contributed by atoms with Crippen molar-refractivity contribution >= 4 is 8.32 Å². The summed E-state index contributed by atoms with van der Waals surface area (Å²) < 4.78 is 6.13. The Hall–Kier alpha value is 0.177. The lowest BCUT2D eigenvalue weighted by Crippen LogP contribution is -2.49. The van der Waals surface area contributed by atoms with Crippen LogP contribution < -0.4 is 0 Å². The molecule has 1 saturated carbocycles. The first-order valence-corrected chi connectivity index (χ1v) is 9.27. The van der Waals surface area contributed by atoms with Crippen molar-refractivity contribution in [2.24, 2.45) is 16.2 Å². The van der Waals surface area contributed by atoms with Crippen LogP contribution in [0.3, 0.4) is 0 Å². The van der Waals surface area contributed by atoms with E-state index in [0.717, 1.165) is 0 Å². The van der Waals surface area contributed by atoms with Crippen molar-refractivity contribution in [2.75, 3.05) is 7.11 Å². The van der Waals surface area contributed by atoms with E-state index in [2.05, 4.69) is 61.9 Å². The van der Waals surface area contributed by atoms with Gasteiger partial charge < -0.3 is 4.43 Å². The van der Waals surface area contributed by atoms with Crippen LogP contribution in [0.1, 0.15) is 55.4 Å². The van der Waals surface area contributed by atoms with Gasteiger partial charge >= 0.3 is 0 Å². The molecule has 0 bridgehead atoms. The van der Waals surface area contributed by atoms with Crippen LogP contribution >= 0.6 is 0 Å². The molecule has 0 N–H and O–H groups in total. The lowest BCUT2D eigenvalue weighted by molar-refractivity contribution is 0.0219. The second-order valence-corrected chi connectivity index (χ2v) is 12.8. The third-order valence-corrected chi connectivity index (χ3v) is 15.5. The lowest BCUT2D eigenvalue weighted by atomic mass is 9.59. The fraction of sp³-hybridized carbons (Fsp3) is 1.00. The summed E-state index contributed by atoms with van der Waals surface area (Å²) in [6, 6.07) is 0. The van der Waals surface area contributed by atoms with Crippen molar-refractivity contribution in [2.45, 2.75) is 72.0 Å². The summed E-state index contributed by atoms with van der Waals surface area (Å²) in [5.41, 5.74) is 0.999. The zero-order valence-corrected chi connectivity index (χ0v) is 14.4. The molecule has 1 aliphatic carbocycles. The summed E-state index contributed by atoms with van der Waals surface area (Å²) in [5, 5.41) is 0.767. The summed E-state index contributed by atoms with van der Waals surface area (Å²) in [6.07, 6.45) is 0. The Morgan fingerprint density at radius 3 is 1.18 bits per heavy atom. The van der Waals surface area contributed by atoms with Crippen molar-refractivity contribution in [3.8, 4) is 0 Å². The second-order valence-electron chi connectivity index (χ2n) is 8.36. The molecule has 0 aromatic heterocycles. The van der Waals surface area contributed by atoms with E-state index in [4.69, 9.17) is 4.43 Å². The standard InChI is InChI=1S/C15H30OSi/c1-11(2)12(3,4)14(7)15(8,13(11,5)6)17(14,10)16-9/h1-10H3. The highest BCUT2D eigenvalue weighted by Crippen LogP contribution is 3.02. The fourth-order valence-corrected chi connectivity index (χ4v) is 13.1. The molecular weight excluding hydrogens is 224 g/mol. The van der Waals surface area contributed by atoms with Crippen LogP contribution in [0.25, 0.3) is 0 Å². The highest BCUT2D eigenvalue weighted by atomic mass is 28.4. The maximum atomic E-state index is 6.13. The molecule has 0 radical (unpaired) electrons. The number of hydrogen-bond acceptors (Lipinski definition) is 1. The molecule has 0 spiro atoms. The predicted molar refractivity (Wildman–Crippen MR) is 76.7 cm³/mol. The van der Waals surface area contributed by atoms with Crippen LogP contribution in [0.2, 0.25) is 16.6 Å². The molecule has 100 valence electrons. The number of fused-ring (bicyclic) bond motifs is 1. The van der Waals surface area contributed by atoms with Crippen molar-refractivity contribution in [3.05, 3.63) is 0 Å². The minimum atomic E-state index is -1.64. The Bertz CT molecular complexity index is 352. The van der Waals surface area contributed by atoms with Gasteiger partial charge in [-0.1, -0.05) is 55.4 Å². The van der Waals surface area contributed by atoms with Crippen molar-refractivity contribution in [1.29, 1.82) is 0 Å². The van der Waals surface area contributed by atoms with E-state index >= 15 is 0 Å². The average Bonchev–Trinajstić information content (AvgIpc) is 2.60. The van der Waals surface area contributed by atoms with Crippen LogP contribution in [0, 0.1) is 16.2 Å². The van der Waals surface area contributed by atoms with Crippen molar-refractivity contribution in [3.63, 3.8) is 0 Å². The summed E-state index contributed by atoms with van der Waals surface area (Å²) >= 11 is 0. The Kier molecular flexibility index (Phi) is 2.16. The lowest BCUT2D eigenvalue weighted by Gasteiger charge is -2.52. The van der Waals surface area contributed by atoms with Gasteiger partial charge in [-0.2, -0.15) is 0 Å². The van der Waals surface area contributed by atoms with Crippen LogP contribution in [0.15, 0.2) is 0 Å². The molecule has 1 saturated heterocycles. The average molecular weight is 254 g/mol. The smallest absolute Gasteiger partial charge is 0.202 e. The topological polar surface area (TPSA) is 9.23 Å². The zero-order valence-electron chi connectivity index (χ0n) is 13.4. The van der Waals surface area contributed by atoms with Crippen molar-refractivity contribution < 1.29 is 4.43 Å². The molecule has 2 rings (SSSR count). The highest BCUT2D eigenvalue weighted by molar-refractivity contribution is 6.91. The summed E-state index contributed by atoms with van der Waals surface area (Å²) in [5.74, 6) is 0. The van der Waals surface area contributed by atoms with Gasteiger partial charge in [0.1, 0.15) is 0 Å².